The molecule has 4 aromatic carbocycles. The number of aromatic nitrogens is 1. The summed E-state index contributed by atoms with van der Waals surface area (Å²) < 4.78 is 41.9. The molecule has 39 heavy (non-hydrogen) atoms. The second kappa shape index (κ2) is 10.0. The van der Waals surface area contributed by atoms with E-state index < -0.39 is 10.0 Å². The molecule has 0 bridgehead atoms. The summed E-state index contributed by atoms with van der Waals surface area (Å²) in [5, 5.41) is 3.87. The monoisotopic (exact) mass is 539 g/mol. The second-order valence-electron chi connectivity index (χ2n) is 9.63. The molecule has 0 radical (unpaired) electrons. The number of amides is 1. The number of nitrogens with zero attached hydrogens (tertiary/aromatic N) is 2. The van der Waals surface area contributed by atoms with E-state index >= 15 is 0 Å². The molecule has 1 amide bonds. The second-order valence-corrected chi connectivity index (χ2v) is 11.4. The van der Waals surface area contributed by atoms with E-state index in [-0.39, 0.29) is 22.7 Å². The molecule has 0 aliphatic carbocycles. The fourth-order valence-electron chi connectivity index (χ4n) is 5.12. The molecule has 0 spiro atoms. The molecule has 1 saturated heterocycles. The largest absolute Gasteiger partial charge is 0.369 e. The highest BCUT2D eigenvalue weighted by Crippen LogP contribution is 2.33. The molecule has 5 aromatic rings. The standard InChI is InChI=1S/C31H26FN3O3S/c32-24-12-14-26(15-13-24)34-19-18-25(20-34)33-31(36)23-10-16-27(17-11-23)39(37,38)35-21-29(22-6-2-1-3-7-22)28-8-4-5-9-30(28)35/h1-17,21,25H,18-20H2,(H,33,36). The summed E-state index contributed by atoms with van der Waals surface area (Å²) in [5.41, 5.74) is 3.65. The molecule has 1 aromatic heterocycles. The first kappa shape index (κ1) is 24.9. The lowest BCUT2D eigenvalue weighted by Crippen LogP contribution is -2.37. The zero-order chi connectivity index (χ0) is 27.0. The molecule has 1 atom stereocenters. The van der Waals surface area contributed by atoms with Crippen molar-refractivity contribution < 1.29 is 17.6 Å². The van der Waals surface area contributed by atoms with Crippen LogP contribution in [0.3, 0.4) is 0 Å². The normalized spacial score (nSPS) is 15.5. The summed E-state index contributed by atoms with van der Waals surface area (Å²) in [7, 11) is -3.91. The minimum atomic E-state index is -3.91. The highest BCUT2D eigenvalue weighted by molar-refractivity contribution is 7.90. The summed E-state index contributed by atoms with van der Waals surface area (Å²) in [6, 6.07) is 29.4. The Bertz CT molecular complexity index is 1750. The molecule has 196 valence electrons. The fourth-order valence-corrected chi connectivity index (χ4v) is 6.49. The van der Waals surface area contributed by atoms with Crippen molar-refractivity contribution in [2.24, 2.45) is 0 Å². The van der Waals surface area contributed by atoms with Crippen molar-refractivity contribution >= 4 is 32.5 Å². The SMILES string of the molecule is O=C(NC1CCN(c2ccc(F)cc2)C1)c1ccc(S(=O)(=O)n2cc(-c3ccccc3)c3ccccc32)cc1. The van der Waals surface area contributed by atoms with Crippen LogP contribution in [-0.2, 0) is 10.0 Å². The lowest BCUT2D eigenvalue weighted by Gasteiger charge is -2.19. The van der Waals surface area contributed by atoms with Gasteiger partial charge in [0.15, 0.2) is 0 Å². The highest BCUT2D eigenvalue weighted by atomic mass is 32.2. The summed E-state index contributed by atoms with van der Waals surface area (Å²) in [6.45, 7) is 1.37. The van der Waals surface area contributed by atoms with Gasteiger partial charge in [0, 0.05) is 47.5 Å². The van der Waals surface area contributed by atoms with Crippen molar-refractivity contribution in [3.05, 3.63) is 121 Å². The Labute approximate surface area is 226 Å². The number of para-hydroxylation sites is 1. The van der Waals surface area contributed by atoms with Crippen LogP contribution < -0.4 is 10.2 Å². The maximum absolute atomic E-state index is 13.7. The summed E-state index contributed by atoms with van der Waals surface area (Å²) >= 11 is 0. The number of halogens is 1. The first-order valence-corrected chi connectivity index (χ1v) is 14.2. The van der Waals surface area contributed by atoms with Crippen LogP contribution in [0.1, 0.15) is 16.8 Å². The van der Waals surface area contributed by atoms with Crippen LogP contribution >= 0.6 is 0 Å². The summed E-state index contributed by atoms with van der Waals surface area (Å²) in [4.78, 5) is 15.1. The van der Waals surface area contributed by atoms with E-state index in [0.29, 0.717) is 17.6 Å². The smallest absolute Gasteiger partial charge is 0.268 e. The molecule has 6 rings (SSSR count). The highest BCUT2D eigenvalue weighted by Gasteiger charge is 2.26. The third-order valence-electron chi connectivity index (χ3n) is 7.15. The Morgan fingerprint density at radius 2 is 1.54 bits per heavy atom. The van der Waals surface area contributed by atoms with E-state index in [4.69, 9.17) is 0 Å². The lowest BCUT2D eigenvalue weighted by atomic mass is 10.1. The van der Waals surface area contributed by atoms with E-state index in [1.165, 1.54) is 28.2 Å². The zero-order valence-corrected chi connectivity index (χ0v) is 21.8. The van der Waals surface area contributed by atoms with Crippen LogP contribution in [0.15, 0.2) is 114 Å². The van der Waals surface area contributed by atoms with Gasteiger partial charge in [-0.05, 0) is 66.6 Å². The predicted molar refractivity (Wildman–Crippen MR) is 151 cm³/mol. The molecular formula is C31H26FN3O3S. The number of anilines is 1. The number of rotatable bonds is 6. The van der Waals surface area contributed by atoms with Gasteiger partial charge < -0.3 is 10.2 Å². The molecule has 6 nitrogen and oxygen atoms in total. The lowest BCUT2D eigenvalue weighted by molar-refractivity contribution is 0.0940. The summed E-state index contributed by atoms with van der Waals surface area (Å²) in [5.74, 6) is -0.544. The van der Waals surface area contributed by atoms with Gasteiger partial charge in [0.2, 0.25) is 0 Å². The minimum absolute atomic E-state index is 0.0615. The molecule has 2 heterocycles. The molecular weight excluding hydrogens is 513 g/mol. The molecule has 1 unspecified atom stereocenters. The number of fused-ring (bicyclic) bond motifs is 1. The van der Waals surface area contributed by atoms with Crippen LogP contribution in [0.4, 0.5) is 10.1 Å². The number of carbonyl (C=O) groups is 1. The van der Waals surface area contributed by atoms with Gasteiger partial charge in [-0.2, -0.15) is 0 Å². The Morgan fingerprint density at radius 3 is 2.28 bits per heavy atom. The topological polar surface area (TPSA) is 71.4 Å². The quantitative estimate of drug-likeness (QED) is 0.301. The van der Waals surface area contributed by atoms with Crippen LogP contribution in [0.5, 0.6) is 0 Å². The van der Waals surface area contributed by atoms with Crippen molar-refractivity contribution in [2.75, 3.05) is 18.0 Å². The molecule has 8 heteroatoms. The van der Waals surface area contributed by atoms with Gasteiger partial charge in [-0.3, -0.25) is 4.79 Å². The van der Waals surface area contributed by atoms with E-state index in [1.54, 1.807) is 36.5 Å². The van der Waals surface area contributed by atoms with Gasteiger partial charge in [-0.1, -0.05) is 48.5 Å². The average Bonchev–Trinajstić information content (AvgIpc) is 3.59. The molecule has 1 aliphatic rings. The van der Waals surface area contributed by atoms with E-state index in [1.807, 2.05) is 48.5 Å². The predicted octanol–water partition coefficient (Wildman–Crippen LogP) is 5.69. The van der Waals surface area contributed by atoms with Gasteiger partial charge in [0.05, 0.1) is 10.4 Å². The van der Waals surface area contributed by atoms with Crippen molar-refractivity contribution in [3.8, 4) is 11.1 Å². The first-order valence-electron chi connectivity index (χ1n) is 12.7. The molecule has 1 fully saturated rings. The Balaban J connectivity index is 1.21. The maximum atomic E-state index is 13.7. The Morgan fingerprint density at radius 1 is 0.846 bits per heavy atom. The van der Waals surface area contributed by atoms with Crippen molar-refractivity contribution in [2.45, 2.75) is 17.4 Å². The maximum Gasteiger partial charge on any atom is 0.268 e. The molecule has 1 aliphatic heterocycles. The number of hydrogen-bond donors (Lipinski definition) is 1. The molecule has 1 N–H and O–H groups in total. The third-order valence-corrected chi connectivity index (χ3v) is 8.84. The average molecular weight is 540 g/mol. The Kier molecular flexibility index (Phi) is 6.40. The number of benzene rings is 4. The first-order chi connectivity index (χ1) is 18.9. The van der Waals surface area contributed by atoms with Crippen LogP contribution in [-0.4, -0.2) is 37.4 Å². The fraction of sp³-hybridized carbons (Fsp3) is 0.129. The van der Waals surface area contributed by atoms with Gasteiger partial charge in [0.25, 0.3) is 15.9 Å². The van der Waals surface area contributed by atoms with E-state index in [0.717, 1.165) is 35.2 Å². The van der Waals surface area contributed by atoms with Crippen molar-refractivity contribution in [1.29, 1.82) is 0 Å². The van der Waals surface area contributed by atoms with Crippen LogP contribution in [0.2, 0.25) is 0 Å². The Hall–Kier alpha value is -4.43. The van der Waals surface area contributed by atoms with E-state index in [2.05, 4.69) is 10.2 Å². The van der Waals surface area contributed by atoms with Crippen LogP contribution in [0, 0.1) is 5.82 Å². The minimum Gasteiger partial charge on any atom is -0.369 e. The number of nitrogens with one attached hydrogen (secondary N) is 1. The summed E-state index contributed by atoms with van der Waals surface area (Å²) in [6.07, 6.45) is 2.42. The van der Waals surface area contributed by atoms with Gasteiger partial charge in [-0.25, -0.2) is 16.8 Å². The van der Waals surface area contributed by atoms with Gasteiger partial charge >= 0.3 is 0 Å². The zero-order valence-electron chi connectivity index (χ0n) is 21.0. The van der Waals surface area contributed by atoms with Crippen LogP contribution in [0.25, 0.3) is 22.0 Å². The number of carbonyl (C=O) groups excluding carboxylic acids is 1. The number of hydrogen-bond acceptors (Lipinski definition) is 4. The third kappa shape index (κ3) is 4.79. The van der Waals surface area contributed by atoms with Crippen molar-refractivity contribution in [1.82, 2.24) is 9.29 Å². The molecule has 0 saturated carbocycles. The van der Waals surface area contributed by atoms with E-state index in [9.17, 15) is 17.6 Å². The van der Waals surface area contributed by atoms with Crippen molar-refractivity contribution in [3.63, 3.8) is 0 Å². The van der Waals surface area contributed by atoms with Gasteiger partial charge in [0.1, 0.15) is 5.82 Å². The van der Waals surface area contributed by atoms with Gasteiger partial charge in [-0.15, -0.1) is 0 Å².